The SMILES string of the molecule is C=CC(C1=CC(=O)C(OC)=CC1=O)c1ccc(OC)cc1.Cl.Cl.O=C1c2c(O)ccc(O)c2C(=O)c2c(NCCNCCO)ccc(NCCNCCO)c21. The number of carbonyl (C=O) groups is 4. The summed E-state index contributed by atoms with van der Waals surface area (Å²) in [5.74, 6) is -1.98. The van der Waals surface area contributed by atoms with Gasteiger partial charge in [-0.15, -0.1) is 31.4 Å². The summed E-state index contributed by atoms with van der Waals surface area (Å²) in [7, 11) is 2.95. The maximum atomic E-state index is 13.4. The topological polar surface area (TPSA) is 216 Å². The summed E-state index contributed by atoms with van der Waals surface area (Å²) in [5, 5.41) is 50.6. The third-order valence-corrected chi connectivity index (χ3v) is 8.43. The second kappa shape index (κ2) is 22.2. The minimum atomic E-state index is -0.559. The summed E-state index contributed by atoms with van der Waals surface area (Å²) < 4.78 is 9.98. The van der Waals surface area contributed by atoms with E-state index in [1.807, 2.05) is 12.1 Å². The quantitative estimate of drug-likeness (QED) is 0.0333. The number of hydrogen-bond donors (Lipinski definition) is 8. The number of allylic oxidation sites excluding steroid dienone is 4. The fraction of sp³-hybridized carbons (Fsp3) is 0.282. The van der Waals surface area contributed by atoms with Crippen LogP contribution in [0.1, 0.15) is 43.3 Å². The fourth-order valence-corrected chi connectivity index (χ4v) is 5.85. The van der Waals surface area contributed by atoms with E-state index in [0.717, 1.165) is 11.3 Å². The second-order valence-corrected chi connectivity index (χ2v) is 11.8. The lowest BCUT2D eigenvalue weighted by Crippen LogP contribution is -2.28. The molecule has 8 N–H and O–H groups in total. The molecule has 0 aromatic heterocycles. The van der Waals surface area contributed by atoms with Gasteiger partial charge in [0, 0.05) is 68.2 Å². The van der Waals surface area contributed by atoms with E-state index in [0.29, 0.717) is 56.2 Å². The Hall–Kier alpha value is -5.22. The molecule has 3 aromatic rings. The molecule has 0 bridgehead atoms. The summed E-state index contributed by atoms with van der Waals surface area (Å²) in [6, 6.07) is 13.0. The number of carbonyl (C=O) groups excluding carboxylic acids is 4. The van der Waals surface area contributed by atoms with Gasteiger partial charge in [-0.3, -0.25) is 19.2 Å². The largest absolute Gasteiger partial charge is 0.507 e. The van der Waals surface area contributed by atoms with Gasteiger partial charge in [-0.2, -0.15) is 0 Å². The highest BCUT2D eigenvalue weighted by molar-refractivity contribution is 6.33. The molecule has 2 aliphatic carbocycles. The number of hydrogen-bond acceptors (Lipinski definition) is 14. The average molecular weight is 802 g/mol. The van der Waals surface area contributed by atoms with Crippen LogP contribution >= 0.6 is 24.8 Å². The Morgan fingerprint density at radius 2 is 1.13 bits per heavy atom. The molecule has 3 aromatic carbocycles. The molecule has 2 aliphatic rings. The van der Waals surface area contributed by atoms with Crippen molar-refractivity contribution in [1.29, 1.82) is 0 Å². The minimum Gasteiger partial charge on any atom is -0.507 e. The number of anilines is 2. The van der Waals surface area contributed by atoms with E-state index in [9.17, 15) is 29.4 Å². The molecule has 55 heavy (non-hydrogen) atoms. The number of phenolic OH excluding ortho intramolecular Hbond substituents is 2. The Balaban J connectivity index is 0.000000397. The number of nitrogens with one attached hydrogen (secondary N) is 4. The van der Waals surface area contributed by atoms with Gasteiger partial charge in [-0.05, 0) is 48.0 Å². The molecule has 14 nitrogen and oxygen atoms in total. The van der Waals surface area contributed by atoms with Crippen molar-refractivity contribution in [3.63, 3.8) is 0 Å². The molecule has 0 heterocycles. The van der Waals surface area contributed by atoms with Crippen LogP contribution in [-0.2, 0) is 14.3 Å². The van der Waals surface area contributed by atoms with Crippen LogP contribution < -0.4 is 26.0 Å². The van der Waals surface area contributed by atoms with E-state index in [2.05, 4.69) is 27.8 Å². The molecule has 0 amide bonds. The molecule has 0 fully saturated rings. The number of aliphatic hydroxyl groups is 2. The van der Waals surface area contributed by atoms with E-state index >= 15 is 0 Å². The summed E-state index contributed by atoms with van der Waals surface area (Å²) in [5.41, 5.74) is 1.94. The smallest absolute Gasteiger partial charge is 0.220 e. The van der Waals surface area contributed by atoms with Crippen LogP contribution in [0.15, 0.2) is 84.7 Å². The molecule has 0 saturated carbocycles. The molecule has 296 valence electrons. The molecular weight excluding hydrogens is 755 g/mol. The predicted octanol–water partition coefficient (Wildman–Crippen LogP) is 3.28. The Kier molecular flexibility index (Phi) is 18.6. The first-order valence-electron chi connectivity index (χ1n) is 16.9. The standard InChI is InChI=1S/C22H28N4O6.C17H16O4.2ClH/c27-11-9-23-5-7-25-13-1-2-14(26-8-6-24-10-12-28)18-17(13)21(31)19-15(29)3-4-16(30)20(19)22(18)32;1-4-13(11-5-7-12(20-2)8-6-11)14-9-16(19)17(21-3)10-15(14)18;;/h1-4,23-30H,5-12H2;4-10,13H,1H2,2-3H3;2*1H. The van der Waals surface area contributed by atoms with E-state index in [-0.39, 0.29) is 95.0 Å². The normalized spacial score (nSPS) is 13.3. The monoisotopic (exact) mass is 800 g/mol. The Morgan fingerprint density at radius 3 is 1.55 bits per heavy atom. The fourth-order valence-electron chi connectivity index (χ4n) is 5.85. The van der Waals surface area contributed by atoms with Crippen LogP contribution in [0.25, 0.3) is 0 Å². The van der Waals surface area contributed by atoms with Crippen molar-refractivity contribution in [1.82, 2.24) is 10.6 Å². The first kappa shape index (κ1) is 45.9. The molecule has 1 atom stereocenters. The minimum absolute atomic E-state index is 0. The van der Waals surface area contributed by atoms with Gasteiger partial charge >= 0.3 is 0 Å². The van der Waals surface area contributed by atoms with Crippen LogP contribution in [0.4, 0.5) is 11.4 Å². The number of aromatic hydroxyl groups is 2. The molecule has 0 aliphatic heterocycles. The maximum absolute atomic E-state index is 13.4. The average Bonchev–Trinajstić information content (AvgIpc) is 3.16. The number of halogens is 2. The van der Waals surface area contributed by atoms with Crippen molar-refractivity contribution >= 4 is 59.3 Å². The number of phenols is 2. The van der Waals surface area contributed by atoms with Crippen molar-refractivity contribution in [2.45, 2.75) is 5.92 Å². The van der Waals surface area contributed by atoms with Gasteiger partial charge in [0.25, 0.3) is 0 Å². The van der Waals surface area contributed by atoms with Crippen molar-refractivity contribution in [2.24, 2.45) is 0 Å². The lowest BCUT2D eigenvalue weighted by atomic mass is 9.81. The second-order valence-electron chi connectivity index (χ2n) is 11.8. The Bertz CT molecular complexity index is 1840. The van der Waals surface area contributed by atoms with Gasteiger partial charge in [-0.1, -0.05) is 18.2 Å². The van der Waals surface area contributed by atoms with E-state index in [1.165, 1.54) is 31.4 Å². The zero-order valence-electron chi connectivity index (χ0n) is 30.3. The summed E-state index contributed by atoms with van der Waals surface area (Å²) in [4.78, 5) is 50.8. The van der Waals surface area contributed by atoms with Crippen LogP contribution in [0.3, 0.4) is 0 Å². The van der Waals surface area contributed by atoms with Crippen LogP contribution in [0.5, 0.6) is 17.2 Å². The van der Waals surface area contributed by atoms with Crippen LogP contribution in [-0.4, -0.2) is 110 Å². The zero-order valence-corrected chi connectivity index (χ0v) is 32.0. The van der Waals surface area contributed by atoms with E-state index < -0.39 is 11.6 Å². The maximum Gasteiger partial charge on any atom is 0.220 e. The van der Waals surface area contributed by atoms with Gasteiger partial charge < -0.3 is 51.2 Å². The molecular formula is C39H46Cl2N4O10. The van der Waals surface area contributed by atoms with Crippen molar-refractivity contribution in [3.8, 4) is 17.2 Å². The van der Waals surface area contributed by atoms with Crippen molar-refractivity contribution in [3.05, 3.63) is 112 Å². The first-order chi connectivity index (χ1) is 25.6. The number of benzene rings is 3. The number of rotatable bonds is 17. The highest BCUT2D eigenvalue weighted by Crippen LogP contribution is 2.42. The number of methoxy groups -OCH3 is 2. The third-order valence-electron chi connectivity index (χ3n) is 8.43. The van der Waals surface area contributed by atoms with Crippen LogP contribution in [0, 0.1) is 0 Å². The number of ether oxygens (including phenoxy) is 2. The van der Waals surface area contributed by atoms with Gasteiger partial charge in [-0.25, -0.2) is 0 Å². The molecule has 1 unspecified atom stereocenters. The number of aliphatic hydroxyl groups excluding tert-OH is 2. The van der Waals surface area contributed by atoms with Gasteiger partial charge in [0.2, 0.25) is 17.3 Å². The molecule has 5 rings (SSSR count). The zero-order chi connectivity index (χ0) is 38.5. The number of ketones is 4. The van der Waals surface area contributed by atoms with Crippen LogP contribution in [0.2, 0.25) is 0 Å². The molecule has 0 saturated heterocycles. The highest BCUT2D eigenvalue weighted by Gasteiger charge is 2.38. The summed E-state index contributed by atoms with van der Waals surface area (Å²) >= 11 is 0. The van der Waals surface area contributed by atoms with Crippen molar-refractivity contribution < 1.29 is 49.1 Å². The van der Waals surface area contributed by atoms with E-state index in [4.69, 9.17) is 19.7 Å². The summed E-state index contributed by atoms with van der Waals surface area (Å²) in [6.07, 6.45) is 4.18. The lowest BCUT2D eigenvalue weighted by molar-refractivity contribution is -0.117. The molecule has 0 spiro atoms. The number of fused-ring (bicyclic) bond motifs is 2. The Morgan fingerprint density at radius 1 is 0.636 bits per heavy atom. The Labute approximate surface area is 331 Å². The van der Waals surface area contributed by atoms with Gasteiger partial charge in [0.05, 0.1) is 49.7 Å². The van der Waals surface area contributed by atoms with E-state index in [1.54, 1.807) is 37.5 Å². The highest BCUT2D eigenvalue weighted by atomic mass is 35.5. The predicted molar refractivity (Wildman–Crippen MR) is 214 cm³/mol. The first-order valence-corrected chi connectivity index (χ1v) is 16.9. The van der Waals surface area contributed by atoms with Crippen molar-refractivity contribution in [2.75, 3.05) is 77.3 Å². The molecule has 0 radical (unpaired) electrons. The van der Waals surface area contributed by atoms with Gasteiger partial charge in [0.1, 0.15) is 17.2 Å². The lowest BCUT2D eigenvalue weighted by Gasteiger charge is -2.25. The summed E-state index contributed by atoms with van der Waals surface area (Å²) in [6.45, 7) is 6.58. The molecule has 16 heteroatoms. The third kappa shape index (κ3) is 10.9. The van der Waals surface area contributed by atoms with Gasteiger partial charge in [0.15, 0.2) is 11.5 Å².